The molecule has 0 spiro atoms. The van der Waals surface area contributed by atoms with Gasteiger partial charge in [0.15, 0.2) is 11.5 Å². The van der Waals surface area contributed by atoms with Crippen molar-refractivity contribution in [1.29, 1.82) is 0 Å². The first kappa shape index (κ1) is 23.9. The van der Waals surface area contributed by atoms with Gasteiger partial charge in [-0.2, -0.15) is 0 Å². The SMILES string of the molecule is O=C(OCc1ccccc1)c1ccccc1OSOc1ccccc1C(=O)OCc1ccccc1. The zero-order chi connectivity index (χ0) is 24.3. The molecule has 0 amide bonds. The maximum atomic E-state index is 12.6. The highest BCUT2D eigenvalue weighted by molar-refractivity contribution is 7.90. The second kappa shape index (κ2) is 12.3. The molecular weight excluding hydrogens is 464 g/mol. The molecule has 0 N–H and O–H groups in total. The van der Waals surface area contributed by atoms with Gasteiger partial charge in [-0.05, 0) is 35.4 Å². The van der Waals surface area contributed by atoms with Gasteiger partial charge < -0.3 is 17.8 Å². The van der Waals surface area contributed by atoms with Crippen LogP contribution in [0.1, 0.15) is 31.8 Å². The predicted molar refractivity (Wildman–Crippen MR) is 133 cm³/mol. The zero-order valence-corrected chi connectivity index (χ0v) is 19.5. The molecule has 0 radical (unpaired) electrons. The Morgan fingerprint density at radius 3 is 1.31 bits per heavy atom. The molecule has 176 valence electrons. The van der Waals surface area contributed by atoms with E-state index in [9.17, 15) is 9.59 Å². The topological polar surface area (TPSA) is 71.1 Å². The van der Waals surface area contributed by atoms with Crippen molar-refractivity contribution in [2.75, 3.05) is 0 Å². The Bertz CT molecular complexity index is 1160. The third-order valence-corrected chi connectivity index (χ3v) is 5.38. The number of rotatable bonds is 10. The number of para-hydroxylation sites is 2. The van der Waals surface area contributed by atoms with Crippen LogP contribution < -0.4 is 8.37 Å². The van der Waals surface area contributed by atoms with Crippen LogP contribution in [0, 0.1) is 0 Å². The van der Waals surface area contributed by atoms with Gasteiger partial charge in [0.2, 0.25) is 0 Å². The van der Waals surface area contributed by atoms with Crippen molar-refractivity contribution < 1.29 is 27.4 Å². The molecule has 0 bridgehead atoms. The summed E-state index contributed by atoms with van der Waals surface area (Å²) in [4.78, 5) is 25.2. The standard InChI is InChI=1S/C28H22O6S/c29-27(31-19-21-11-3-1-4-12-21)23-15-7-9-17-25(23)33-35-34-26-18-10-8-16-24(26)28(30)32-20-22-13-5-2-6-14-22/h1-18H,19-20H2. The molecule has 4 aromatic carbocycles. The van der Waals surface area contributed by atoms with Crippen LogP contribution >= 0.6 is 12.3 Å². The van der Waals surface area contributed by atoms with Gasteiger partial charge in [-0.3, -0.25) is 0 Å². The molecule has 0 saturated carbocycles. The lowest BCUT2D eigenvalue weighted by Gasteiger charge is -2.11. The molecule has 0 unspecified atom stereocenters. The fourth-order valence-electron chi connectivity index (χ4n) is 3.11. The summed E-state index contributed by atoms with van der Waals surface area (Å²) < 4.78 is 22.0. The monoisotopic (exact) mass is 486 g/mol. The molecule has 0 aliphatic carbocycles. The van der Waals surface area contributed by atoms with Gasteiger partial charge >= 0.3 is 11.9 Å². The average molecular weight is 487 g/mol. The molecular formula is C28H22O6S. The van der Waals surface area contributed by atoms with Crippen LogP contribution in [0.25, 0.3) is 0 Å². The number of ether oxygens (including phenoxy) is 2. The van der Waals surface area contributed by atoms with E-state index in [1.807, 2.05) is 60.7 Å². The number of benzene rings is 4. The fourth-order valence-corrected chi connectivity index (χ4v) is 3.58. The summed E-state index contributed by atoms with van der Waals surface area (Å²) in [6, 6.07) is 32.2. The van der Waals surface area contributed by atoms with Crippen molar-refractivity contribution in [2.45, 2.75) is 13.2 Å². The summed E-state index contributed by atoms with van der Waals surface area (Å²) in [5.74, 6) is -0.482. The highest BCUT2D eigenvalue weighted by Crippen LogP contribution is 2.28. The molecule has 0 saturated heterocycles. The molecule has 35 heavy (non-hydrogen) atoms. The van der Waals surface area contributed by atoms with E-state index in [4.69, 9.17) is 17.8 Å². The first-order valence-corrected chi connectivity index (χ1v) is 11.5. The highest BCUT2D eigenvalue weighted by Gasteiger charge is 2.17. The summed E-state index contributed by atoms with van der Waals surface area (Å²) in [5.41, 5.74) is 2.28. The van der Waals surface area contributed by atoms with Crippen molar-refractivity contribution in [3.8, 4) is 11.5 Å². The van der Waals surface area contributed by atoms with Gasteiger partial charge in [-0.25, -0.2) is 9.59 Å². The van der Waals surface area contributed by atoms with Crippen molar-refractivity contribution in [3.05, 3.63) is 131 Å². The van der Waals surface area contributed by atoms with Crippen molar-refractivity contribution in [2.24, 2.45) is 0 Å². The van der Waals surface area contributed by atoms with Gasteiger partial charge in [-0.15, -0.1) is 0 Å². The lowest BCUT2D eigenvalue weighted by Crippen LogP contribution is -2.08. The second-order valence-corrected chi connectivity index (χ2v) is 7.82. The number of carbonyl (C=O) groups excluding carboxylic acids is 2. The normalized spacial score (nSPS) is 10.3. The van der Waals surface area contributed by atoms with Crippen molar-refractivity contribution in [3.63, 3.8) is 0 Å². The van der Waals surface area contributed by atoms with Crippen LogP contribution in [0.2, 0.25) is 0 Å². The van der Waals surface area contributed by atoms with Gasteiger partial charge in [0.05, 0.1) is 0 Å². The quantitative estimate of drug-likeness (QED) is 0.189. The molecule has 4 rings (SSSR count). The van der Waals surface area contributed by atoms with Crippen LogP contribution in [-0.2, 0) is 22.7 Å². The summed E-state index contributed by atoms with van der Waals surface area (Å²) in [5, 5.41) is 0. The molecule has 6 nitrogen and oxygen atoms in total. The van der Waals surface area contributed by atoms with Crippen LogP contribution in [0.4, 0.5) is 0 Å². The Morgan fingerprint density at radius 2 is 0.886 bits per heavy atom. The minimum absolute atomic E-state index is 0.149. The Labute approximate surface area is 207 Å². The number of hydrogen-bond acceptors (Lipinski definition) is 7. The summed E-state index contributed by atoms with van der Waals surface area (Å²) >= 11 is 0.636. The third-order valence-electron chi connectivity index (χ3n) is 4.89. The van der Waals surface area contributed by atoms with Crippen LogP contribution in [0.3, 0.4) is 0 Å². The van der Waals surface area contributed by atoms with Crippen molar-refractivity contribution >= 4 is 24.3 Å². The molecule has 0 atom stereocenters. The van der Waals surface area contributed by atoms with Crippen LogP contribution in [0.15, 0.2) is 109 Å². The predicted octanol–water partition coefficient (Wildman–Crippen LogP) is 6.42. The number of hydrogen-bond donors (Lipinski definition) is 0. The summed E-state index contributed by atoms with van der Waals surface area (Å²) in [6.45, 7) is 0.298. The Kier molecular flexibility index (Phi) is 8.40. The lowest BCUT2D eigenvalue weighted by atomic mass is 10.2. The molecule has 0 aromatic heterocycles. The fraction of sp³-hybridized carbons (Fsp3) is 0.0714. The van der Waals surface area contributed by atoms with E-state index in [0.29, 0.717) is 12.3 Å². The number of carbonyl (C=O) groups is 2. The molecule has 0 fully saturated rings. The summed E-state index contributed by atoms with van der Waals surface area (Å²) in [7, 11) is 0. The van der Waals surface area contributed by atoms with Crippen LogP contribution in [0.5, 0.6) is 11.5 Å². The Hall–Kier alpha value is -4.23. The molecule has 0 heterocycles. The number of esters is 2. The first-order chi connectivity index (χ1) is 17.2. The van der Waals surface area contributed by atoms with E-state index in [-0.39, 0.29) is 35.8 Å². The smallest absolute Gasteiger partial charge is 0.342 e. The minimum atomic E-state index is -0.519. The average Bonchev–Trinajstić information content (AvgIpc) is 2.92. The largest absolute Gasteiger partial charge is 0.457 e. The van der Waals surface area contributed by atoms with Crippen molar-refractivity contribution in [1.82, 2.24) is 0 Å². The molecule has 7 heteroatoms. The van der Waals surface area contributed by atoms with E-state index in [2.05, 4.69) is 0 Å². The second-order valence-electron chi connectivity index (χ2n) is 7.35. The summed E-state index contributed by atoms with van der Waals surface area (Å²) in [6.07, 6.45) is 0. The van der Waals surface area contributed by atoms with E-state index in [0.717, 1.165) is 11.1 Å². The van der Waals surface area contributed by atoms with Crippen LogP contribution in [-0.4, -0.2) is 11.9 Å². The van der Waals surface area contributed by atoms with E-state index in [1.165, 1.54) is 0 Å². The molecule has 0 aliphatic rings. The maximum Gasteiger partial charge on any atom is 0.342 e. The van der Waals surface area contributed by atoms with Gasteiger partial charge in [0.1, 0.15) is 24.3 Å². The molecule has 4 aromatic rings. The third kappa shape index (κ3) is 6.88. The van der Waals surface area contributed by atoms with E-state index in [1.54, 1.807) is 48.5 Å². The molecule has 0 aliphatic heterocycles. The Morgan fingerprint density at radius 1 is 0.514 bits per heavy atom. The Balaban J connectivity index is 1.35. The maximum absolute atomic E-state index is 12.6. The first-order valence-electron chi connectivity index (χ1n) is 10.8. The van der Waals surface area contributed by atoms with E-state index >= 15 is 0 Å². The minimum Gasteiger partial charge on any atom is -0.457 e. The zero-order valence-electron chi connectivity index (χ0n) is 18.7. The highest BCUT2D eigenvalue weighted by atomic mass is 32.2. The van der Waals surface area contributed by atoms with Gasteiger partial charge in [0, 0.05) is 0 Å². The van der Waals surface area contributed by atoms with Gasteiger partial charge in [0.25, 0.3) is 12.3 Å². The van der Waals surface area contributed by atoms with E-state index < -0.39 is 11.9 Å². The lowest BCUT2D eigenvalue weighted by molar-refractivity contribution is 0.0462. The van der Waals surface area contributed by atoms with Gasteiger partial charge in [-0.1, -0.05) is 84.9 Å².